The molecule has 19 heavy (non-hydrogen) atoms. The minimum atomic E-state index is -0.540. The number of carbonyl (C=O) groups excluding carboxylic acids is 1. The lowest BCUT2D eigenvalue weighted by Gasteiger charge is -2.24. The highest BCUT2D eigenvalue weighted by Gasteiger charge is 2.27. The summed E-state index contributed by atoms with van der Waals surface area (Å²) in [7, 11) is 0. The van der Waals surface area contributed by atoms with Gasteiger partial charge in [-0.2, -0.15) is 0 Å². The van der Waals surface area contributed by atoms with E-state index in [2.05, 4.69) is 5.32 Å². The third-order valence-corrected chi connectivity index (χ3v) is 2.68. The highest BCUT2D eigenvalue weighted by Crippen LogP contribution is 2.25. The number of rotatable bonds is 5. The second-order valence-electron chi connectivity index (χ2n) is 5.55. The molecule has 4 heteroatoms. The summed E-state index contributed by atoms with van der Waals surface area (Å²) in [6, 6.07) is 6.81. The molecule has 2 N–H and O–H groups in total. The van der Waals surface area contributed by atoms with E-state index in [1.165, 1.54) is 0 Å². The number of benzene rings is 1. The van der Waals surface area contributed by atoms with Gasteiger partial charge in [0.25, 0.3) is 0 Å². The first kappa shape index (κ1) is 15.5. The van der Waals surface area contributed by atoms with Crippen molar-refractivity contribution in [2.24, 2.45) is 5.41 Å². The van der Waals surface area contributed by atoms with Gasteiger partial charge in [-0.25, -0.2) is 0 Å². The zero-order valence-electron chi connectivity index (χ0n) is 12.1. The molecule has 1 aromatic rings. The maximum atomic E-state index is 12.0. The molecule has 0 aliphatic rings. The Hall–Kier alpha value is -1.55. The van der Waals surface area contributed by atoms with Gasteiger partial charge in [0.15, 0.2) is 0 Å². The molecule has 0 saturated carbocycles. The summed E-state index contributed by atoms with van der Waals surface area (Å²) in [4.78, 5) is 12.0. The number of phenols is 1. The van der Waals surface area contributed by atoms with E-state index in [0.717, 1.165) is 12.1 Å². The molecule has 1 rings (SSSR count). The predicted molar refractivity (Wildman–Crippen MR) is 74.9 cm³/mol. The number of aromatic hydroxyl groups is 1. The summed E-state index contributed by atoms with van der Waals surface area (Å²) in [6.07, 6.45) is -0.390. The summed E-state index contributed by atoms with van der Waals surface area (Å²) in [6.45, 7) is 8.78. The van der Waals surface area contributed by atoms with Crippen molar-refractivity contribution in [3.63, 3.8) is 0 Å². The molecule has 1 unspecified atom stereocenters. The lowest BCUT2D eigenvalue weighted by Crippen LogP contribution is -2.30. The van der Waals surface area contributed by atoms with Crippen LogP contribution in [0.15, 0.2) is 24.3 Å². The van der Waals surface area contributed by atoms with Gasteiger partial charge >= 0.3 is 5.97 Å². The van der Waals surface area contributed by atoms with Crippen LogP contribution < -0.4 is 5.32 Å². The van der Waals surface area contributed by atoms with Gasteiger partial charge in [0.05, 0.1) is 5.41 Å². The van der Waals surface area contributed by atoms with Crippen molar-refractivity contribution in [3.05, 3.63) is 29.8 Å². The first-order valence-corrected chi connectivity index (χ1v) is 6.55. The number of likely N-dealkylation sites (N-methyl/N-ethyl adjacent to an activating group) is 1. The van der Waals surface area contributed by atoms with Crippen molar-refractivity contribution in [3.8, 4) is 5.75 Å². The van der Waals surface area contributed by atoms with Crippen molar-refractivity contribution in [1.82, 2.24) is 5.32 Å². The average molecular weight is 265 g/mol. The maximum absolute atomic E-state index is 12.0. The zero-order valence-corrected chi connectivity index (χ0v) is 12.1. The Morgan fingerprint density at radius 3 is 2.63 bits per heavy atom. The molecule has 0 amide bonds. The normalized spacial score (nSPS) is 13.1. The van der Waals surface area contributed by atoms with Crippen LogP contribution in [-0.4, -0.2) is 24.2 Å². The van der Waals surface area contributed by atoms with E-state index in [1.807, 2.05) is 33.8 Å². The first-order chi connectivity index (χ1) is 8.84. The molecular weight excluding hydrogens is 242 g/mol. The SMILES string of the molecule is CCNCC(OC(=O)C(C)(C)C)c1cccc(O)c1. The molecule has 0 saturated heterocycles. The number of nitrogens with one attached hydrogen (secondary N) is 1. The standard InChI is InChI=1S/C15H23NO3/c1-5-16-10-13(19-14(18)15(2,3)4)11-7-6-8-12(17)9-11/h6-9,13,16-17H,5,10H2,1-4H3. The Labute approximate surface area is 114 Å². The minimum Gasteiger partial charge on any atom is -0.508 e. The van der Waals surface area contributed by atoms with Gasteiger partial charge in [-0.05, 0) is 45.0 Å². The van der Waals surface area contributed by atoms with E-state index in [-0.39, 0.29) is 11.7 Å². The van der Waals surface area contributed by atoms with Crippen LogP contribution >= 0.6 is 0 Å². The third-order valence-electron chi connectivity index (χ3n) is 2.68. The Balaban J connectivity index is 2.86. The molecule has 0 heterocycles. The van der Waals surface area contributed by atoms with Gasteiger partial charge < -0.3 is 15.2 Å². The molecule has 0 bridgehead atoms. The van der Waals surface area contributed by atoms with Gasteiger partial charge in [-0.1, -0.05) is 19.1 Å². The van der Waals surface area contributed by atoms with E-state index in [4.69, 9.17) is 4.74 Å². The van der Waals surface area contributed by atoms with Crippen LogP contribution in [0.5, 0.6) is 5.75 Å². The number of carbonyl (C=O) groups is 1. The Kier molecular flexibility index (Phi) is 5.36. The number of phenolic OH excluding ortho intramolecular Hbond substituents is 1. The summed E-state index contributed by atoms with van der Waals surface area (Å²) >= 11 is 0. The summed E-state index contributed by atoms with van der Waals surface area (Å²) in [5.74, 6) is -0.0791. The van der Waals surface area contributed by atoms with Gasteiger partial charge in [0.1, 0.15) is 11.9 Å². The fourth-order valence-corrected chi connectivity index (χ4v) is 1.53. The lowest BCUT2D eigenvalue weighted by atomic mass is 9.97. The number of ether oxygens (including phenoxy) is 1. The van der Waals surface area contributed by atoms with Crippen LogP contribution in [0, 0.1) is 5.41 Å². The largest absolute Gasteiger partial charge is 0.508 e. The van der Waals surface area contributed by atoms with Crippen molar-refractivity contribution < 1.29 is 14.6 Å². The zero-order chi connectivity index (χ0) is 14.5. The molecule has 1 aromatic carbocycles. The lowest BCUT2D eigenvalue weighted by molar-refractivity contribution is -0.158. The molecular formula is C15H23NO3. The van der Waals surface area contributed by atoms with Crippen LogP contribution in [0.25, 0.3) is 0 Å². The van der Waals surface area contributed by atoms with Gasteiger partial charge in [-0.15, -0.1) is 0 Å². The second kappa shape index (κ2) is 6.57. The molecule has 0 aliphatic heterocycles. The van der Waals surface area contributed by atoms with Crippen LogP contribution in [-0.2, 0) is 9.53 Å². The van der Waals surface area contributed by atoms with Crippen LogP contribution in [0.2, 0.25) is 0 Å². The fourth-order valence-electron chi connectivity index (χ4n) is 1.53. The summed E-state index contributed by atoms with van der Waals surface area (Å²) in [5, 5.41) is 12.7. The molecule has 0 radical (unpaired) electrons. The van der Waals surface area contributed by atoms with Crippen molar-refractivity contribution in [2.75, 3.05) is 13.1 Å². The number of esters is 1. The number of hydrogen-bond donors (Lipinski definition) is 2. The van der Waals surface area contributed by atoms with E-state index >= 15 is 0 Å². The van der Waals surface area contributed by atoms with Gasteiger partial charge in [0.2, 0.25) is 0 Å². The second-order valence-corrected chi connectivity index (χ2v) is 5.55. The summed E-state index contributed by atoms with van der Waals surface area (Å²) < 4.78 is 5.55. The van der Waals surface area contributed by atoms with E-state index in [0.29, 0.717) is 6.54 Å². The highest BCUT2D eigenvalue weighted by molar-refractivity contribution is 5.75. The van der Waals surface area contributed by atoms with Crippen molar-refractivity contribution in [2.45, 2.75) is 33.8 Å². The molecule has 0 aromatic heterocycles. The van der Waals surface area contributed by atoms with Gasteiger partial charge in [0, 0.05) is 6.54 Å². The molecule has 0 spiro atoms. The fraction of sp³-hybridized carbons (Fsp3) is 0.533. The molecule has 0 fully saturated rings. The minimum absolute atomic E-state index is 0.172. The van der Waals surface area contributed by atoms with E-state index in [9.17, 15) is 9.90 Å². The molecule has 0 aliphatic carbocycles. The Bertz CT molecular complexity index is 424. The van der Waals surface area contributed by atoms with E-state index in [1.54, 1.807) is 18.2 Å². The van der Waals surface area contributed by atoms with Crippen LogP contribution in [0.3, 0.4) is 0 Å². The average Bonchev–Trinajstić information content (AvgIpc) is 2.33. The third kappa shape index (κ3) is 4.91. The highest BCUT2D eigenvalue weighted by atomic mass is 16.5. The summed E-state index contributed by atoms with van der Waals surface area (Å²) in [5.41, 5.74) is 0.250. The first-order valence-electron chi connectivity index (χ1n) is 6.55. The van der Waals surface area contributed by atoms with E-state index < -0.39 is 11.5 Å². The van der Waals surface area contributed by atoms with Crippen LogP contribution in [0.4, 0.5) is 0 Å². The Morgan fingerprint density at radius 2 is 2.11 bits per heavy atom. The molecule has 4 nitrogen and oxygen atoms in total. The Morgan fingerprint density at radius 1 is 1.42 bits per heavy atom. The van der Waals surface area contributed by atoms with Crippen molar-refractivity contribution in [1.29, 1.82) is 0 Å². The van der Waals surface area contributed by atoms with Gasteiger partial charge in [-0.3, -0.25) is 4.79 Å². The predicted octanol–water partition coefficient (Wildman–Crippen LogP) is 2.63. The van der Waals surface area contributed by atoms with Crippen molar-refractivity contribution >= 4 is 5.97 Å². The molecule has 1 atom stereocenters. The maximum Gasteiger partial charge on any atom is 0.311 e. The number of hydrogen-bond acceptors (Lipinski definition) is 4. The topological polar surface area (TPSA) is 58.6 Å². The quantitative estimate of drug-likeness (QED) is 0.804. The monoisotopic (exact) mass is 265 g/mol. The van der Waals surface area contributed by atoms with Crippen LogP contribution in [0.1, 0.15) is 39.4 Å². The molecule has 106 valence electrons. The smallest absolute Gasteiger partial charge is 0.311 e.